The van der Waals surface area contributed by atoms with E-state index in [1.807, 2.05) is 18.6 Å². The van der Waals surface area contributed by atoms with Gasteiger partial charge in [0, 0.05) is 25.5 Å². The predicted octanol–water partition coefficient (Wildman–Crippen LogP) is 2.00. The molecule has 0 amide bonds. The number of nitrogens with zero attached hydrogens (tertiary/aromatic N) is 3. The molecule has 0 saturated carbocycles. The summed E-state index contributed by atoms with van der Waals surface area (Å²) in [6.07, 6.45) is 5.67. The molecular formula is C15H20N4O. The van der Waals surface area contributed by atoms with Crippen LogP contribution in [0.4, 0.5) is 0 Å². The fourth-order valence-corrected chi connectivity index (χ4v) is 2.67. The SMILES string of the molecule is Cc1ccncc1CN1CCOC[C@H]1c1[nH]ncc1C. The minimum atomic E-state index is 0.242. The molecule has 1 N–H and O–H groups in total. The third-order valence-electron chi connectivity index (χ3n) is 3.96. The van der Waals surface area contributed by atoms with Crippen molar-refractivity contribution in [3.8, 4) is 0 Å². The Bertz CT molecular complexity index is 581. The molecule has 2 aromatic heterocycles. The molecule has 5 heteroatoms. The molecule has 5 nitrogen and oxygen atoms in total. The van der Waals surface area contributed by atoms with Crippen LogP contribution in [0.2, 0.25) is 0 Å². The van der Waals surface area contributed by atoms with E-state index in [-0.39, 0.29) is 6.04 Å². The van der Waals surface area contributed by atoms with Crippen molar-refractivity contribution in [2.45, 2.75) is 26.4 Å². The Morgan fingerprint density at radius 2 is 2.25 bits per heavy atom. The van der Waals surface area contributed by atoms with Crippen molar-refractivity contribution in [1.82, 2.24) is 20.1 Å². The van der Waals surface area contributed by atoms with Crippen molar-refractivity contribution in [3.63, 3.8) is 0 Å². The van der Waals surface area contributed by atoms with Gasteiger partial charge in [-0.05, 0) is 36.6 Å². The zero-order valence-electron chi connectivity index (χ0n) is 12.0. The number of H-pyrrole nitrogens is 1. The number of aromatic nitrogens is 3. The fourth-order valence-electron chi connectivity index (χ4n) is 2.67. The van der Waals surface area contributed by atoms with Gasteiger partial charge in [-0.2, -0.15) is 5.10 Å². The van der Waals surface area contributed by atoms with E-state index in [4.69, 9.17) is 4.74 Å². The summed E-state index contributed by atoms with van der Waals surface area (Å²) in [5.41, 5.74) is 4.91. The number of hydrogen-bond donors (Lipinski definition) is 1. The number of morpholine rings is 1. The molecule has 0 aromatic carbocycles. The monoisotopic (exact) mass is 272 g/mol. The van der Waals surface area contributed by atoms with Crippen molar-refractivity contribution in [2.75, 3.05) is 19.8 Å². The van der Waals surface area contributed by atoms with Crippen LogP contribution in [0.5, 0.6) is 0 Å². The molecule has 1 aliphatic rings. The Morgan fingerprint density at radius 1 is 1.35 bits per heavy atom. The minimum Gasteiger partial charge on any atom is -0.378 e. The van der Waals surface area contributed by atoms with Crippen molar-refractivity contribution >= 4 is 0 Å². The number of rotatable bonds is 3. The quantitative estimate of drug-likeness (QED) is 0.928. The summed E-state index contributed by atoms with van der Waals surface area (Å²) in [6.45, 7) is 7.53. The van der Waals surface area contributed by atoms with Gasteiger partial charge in [0.2, 0.25) is 0 Å². The van der Waals surface area contributed by atoms with Gasteiger partial charge in [-0.15, -0.1) is 0 Å². The molecule has 20 heavy (non-hydrogen) atoms. The Labute approximate surface area is 119 Å². The van der Waals surface area contributed by atoms with Gasteiger partial charge in [-0.1, -0.05) is 0 Å². The van der Waals surface area contributed by atoms with Gasteiger partial charge >= 0.3 is 0 Å². The first kappa shape index (κ1) is 13.3. The van der Waals surface area contributed by atoms with Gasteiger partial charge in [0.15, 0.2) is 0 Å². The maximum absolute atomic E-state index is 5.65. The van der Waals surface area contributed by atoms with Gasteiger partial charge in [0.05, 0.1) is 31.1 Å². The molecule has 1 fully saturated rings. The molecule has 2 aromatic rings. The second kappa shape index (κ2) is 5.73. The van der Waals surface area contributed by atoms with Crippen LogP contribution >= 0.6 is 0 Å². The van der Waals surface area contributed by atoms with Gasteiger partial charge in [0.25, 0.3) is 0 Å². The van der Waals surface area contributed by atoms with E-state index in [9.17, 15) is 0 Å². The highest BCUT2D eigenvalue weighted by Gasteiger charge is 2.27. The summed E-state index contributed by atoms with van der Waals surface area (Å²) >= 11 is 0. The number of aryl methyl sites for hydroxylation is 2. The molecule has 0 aliphatic carbocycles. The highest BCUT2D eigenvalue weighted by atomic mass is 16.5. The molecule has 1 atom stereocenters. The maximum Gasteiger partial charge on any atom is 0.0758 e. The van der Waals surface area contributed by atoms with Gasteiger partial charge in [0.1, 0.15) is 0 Å². The van der Waals surface area contributed by atoms with Crippen LogP contribution in [0, 0.1) is 13.8 Å². The molecule has 0 spiro atoms. The summed E-state index contributed by atoms with van der Waals surface area (Å²) in [6, 6.07) is 2.30. The van der Waals surface area contributed by atoms with Crippen molar-refractivity contribution in [1.29, 1.82) is 0 Å². The highest BCUT2D eigenvalue weighted by molar-refractivity contribution is 5.23. The minimum absolute atomic E-state index is 0.242. The molecule has 1 saturated heterocycles. The Morgan fingerprint density at radius 3 is 3.00 bits per heavy atom. The number of pyridine rings is 1. The summed E-state index contributed by atoms with van der Waals surface area (Å²) in [4.78, 5) is 6.68. The van der Waals surface area contributed by atoms with Crippen LogP contribution in [-0.4, -0.2) is 39.8 Å². The lowest BCUT2D eigenvalue weighted by Crippen LogP contribution is -2.39. The smallest absolute Gasteiger partial charge is 0.0758 e. The van der Waals surface area contributed by atoms with E-state index in [0.29, 0.717) is 6.61 Å². The third kappa shape index (κ3) is 2.59. The first-order valence-electron chi connectivity index (χ1n) is 6.97. The number of ether oxygens (including phenoxy) is 1. The van der Waals surface area contributed by atoms with Crippen LogP contribution in [0.1, 0.15) is 28.4 Å². The van der Waals surface area contributed by atoms with Gasteiger partial charge in [-0.25, -0.2) is 0 Å². The maximum atomic E-state index is 5.65. The predicted molar refractivity (Wildman–Crippen MR) is 76.3 cm³/mol. The highest BCUT2D eigenvalue weighted by Crippen LogP contribution is 2.26. The lowest BCUT2D eigenvalue weighted by atomic mass is 10.1. The van der Waals surface area contributed by atoms with Gasteiger partial charge < -0.3 is 4.74 Å². The van der Waals surface area contributed by atoms with E-state index < -0.39 is 0 Å². The molecule has 106 valence electrons. The third-order valence-corrected chi connectivity index (χ3v) is 3.96. The largest absolute Gasteiger partial charge is 0.378 e. The second-order valence-corrected chi connectivity index (χ2v) is 5.33. The fraction of sp³-hybridized carbons (Fsp3) is 0.467. The first-order valence-corrected chi connectivity index (χ1v) is 6.97. The van der Waals surface area contributed by atoms with E-state index in [1.165, 1.54) is 16.7 Å². The standard InChI is InChI=1S/C15H20N4O/c1-11-3-4-16-8-13(11)9-19-5-6-20-10-14(19)15-12(2)7-17-18-15/h3-4,7-8,14H,5-6,9-10H2,1-2H3,(H,17,18)/t14-/m0/s1. The van der Waals surface area contributed by atoms with E-state index in [0.717, 1.165) is 25.4 Å². The number of nitrogens with one attached hydrogen (secondary N) is 1. The van der Waals surface area contributed by atoms with Crippen molar-refractivity contribution in [2.24, 2.45) is 0 Å². The molecule has 0 radical (unpaired) electrons. The summed E-state index contributed by atoms with van der Waals surface area (Å²) in [5.74, 6) is 0. The summed E-state index contributed by atoms with van der Waals surface area (Å²) in [7, 11) is 0. The average molecular weight is 272 g/mol. The van der Waals surface area contributed by atoms with E-state index in [2.05, 4.69) is 40.0 Å². The lowest BCUT2D eigenvalue weighted by Gasteiger charge is -2.35. The van der Waals surface area contributed by atoms with E-state index in [1.54, 1.807) is 0 Å². The zero-order chi connectivity index (χ0) is 13.9. The second-order valence-electron chi connectivity index (χ2n) is 5.33. The molecule has 3 rings (SSSR count). The van der Waals surface area contributed by atoms with Crippen molar-refractivity contribution in [3.05, 3.63) is 47.0 Å². The number of aromatic amines is 1. The van der Waals surface area contributed by atoms with Crippen LogP contribution in [-0.2, 0) is 11.3 Å². The van der Waals surface area contributed by atoms with E-state index >= 15 is 0 Å². The molecule has 0 bridgehead atoms. The molecule has 1 aliphatic heterocycles. The molecule has 0 unspecified atom stereocenters. The Balaban J connectivity index is 1.83. The topological polar surface area (TPSA) is 54.0 Å². The Hall–Kier alpha value is -1.72. The first-order chi connectivity index (χ1) is 9.75. The number of hydrogen-bond acceptors (Lipinski definition) is 4. The summed E-state index contributed by atoms with van der Waals surface area (Å²) < 4.78 is 5.65. The van der Waals surface area contributed by atoms with Crippen LogP contribution in [0.15, 0.2) is 24.7 Å². The average Bonchev–Trinajstić information content (AvgIpc) is 2.88. The van der Waals surface area contributed by atoms with Crippen molar-refractivity contribution < 1.29 is 4.74 Å². The molecular weight excluding hydrogens is 252 g/mol. The van der Waals surface area contributed by atoms with Crippen LogP contribution in [0.25, 0.3) is 0 Å². The lowest BCUT2D eigenvalue weighted by molar-refractivity contribution is -0.0146. The Kier molecular flexibility index (Phi) is 3.80. The van der Waals surface area contributed by atoms with Gasteiger partial charge in [-0.3, -0.25) is 15.0 Å². The molecule has 3 heterocycles. The van der Waals surface area contributed by atoms with Crippen LogP contribution in [0.3, 0.4) is 0 Å². The normalized spacial score (nSPS) is 20.2. The van der Waals surface area contributed by atoms with Crippen LogP contribution < -0.4 is 0 Å². The zero-order valence-corrected chi connectivity index (χ0v) is 12.0. The summed E-state index contributed by atoms with van der Waals surface area (Å²) in [5, 5.41) is 7.25.